The van der Waals surface area contributed by atoms with E-state index in [-0.39, 0.29) is 0 Å². The fourth-order valence-corrected chi connectivity index (χ4v) is 1.55. The van der Waals surface area contributed by atoms with Crippen LogP contribution < -0.4 is 10.6 Å². The third-order valence-corrected chi connectivity index (χ3v) is 2.63. The quantitative estimate of drug-likeness (QED) is 0.779. The van der Waals surface area contributed by atoms with Crippen molar-refractivity contribution < 1.29 is 0 Å². The maximum Gasteiger partial charge on any atom is 0.224 e. The van der Waals surface area contributed by atoms with Crippen molar-refractivity contribution in [1.29, 1.82) is 0 Å². The minimum absolute atomic E-state index is 0.624. The Morgan fingerprint density at radius 3 is 2.76 bits per heavy atom. The highest BCUT2D eigenvalue weighted by atomic mass is 15.2. The number of likely N-dealkylation sites (N-methyl/N-ethyl adjacent to an activating group) is 1. The average Bonchev–Trinajstić information content (AvgIpc) is 3.00. The second-order valence-electron chi connectivity index (χ2n) is 4.87. The molecule has 0 unspecified atom stereocenters. The van der Waals surface area contributed by atoms with E-state index in [9.17, 15) is 0 Å². The molecule has 0 spiro atoms. The summed E-state index contributed by atoms with van der Waals surface area (Å²) >= 11 is 0. The molecule has 0 aliphatic heterocycles. The molecule has 2 rings (SSSR count). The van der Waals surface area contributed by atoms with Crippen molar-refractivity contribution >= 4 is 11.8 Å². The summed E-state index contributed by atoms with van der Waals surface area (Å²) < 4.78 is 0. The molecular weight excluding hydrogens is 214 g/mol. The van der Waals surface area contributed by atoms with Gasteiger partial charge in [0.1, 0.15) is 5.82 Å². The van der Waals surface area contributed by atoms with Gasteiger partial charge in [-0.15, -0.1) is 0 Å². The predicted octanol–water partition coefficient (Wildman–Crippen LogP) is 1.33. The maximum atomic E-state index is 4.46. The number of hydrogen-bond donors (Lipinski definition) is 2. The molecular formula is C12H21N5. The molecule has 1 heterocycles. The molecule has 1 aromatic rings. The first kappa shape index (κ1) is 12.1. The first-order valence-electron chi connectivity index (χ1n) is 6.14. The molecule has 1 saturated carbocycles. The highest BCUT2D eigenvalue weighted by Crippen LogP contribution is 2.24. The molecule has 1 aromatic heterocycles. The van der Waals surface area contributed by atoms with Gasteiger partial charge in [0, 0.05) is 30.9 Å². The van der Waals surface area contributed by atoms with Crippen LogP contribution in [0.15, 0.2) is 6.07 Å². The lowest BCUT2D eigenvalue weighted by atomic mass is 10.4. The first-order valence-corrected chi connectivity index (χ1v) is 6.14. The van der Waals surface area contributed by atoms with Gasteiger partial charge in [0.2, 0.25) is 5.95 Å². The van der Waals surface area contributed by atoms with E-state index >= 15 is 0 Å². The van der Waals surface area contributed by atoms with E-state index in [0.29, 0.717) is 6.04 Å². The first-order chi connectivity index (χ1) is 8.13. The van der Waals surface area contributed by atoms with Crippen molar-refractivity contribution in [2.45, 2.75) is 25.8 Å². The Morgan fingerprint density at radius 1 is 1.35 bits per heavy atom. The lowest BCUT2D eigenvalue weighted by Gasteiger charge is -2.12. The summed E-state index contributed by atoms with van der Waals surface area (Å²) in [5.41, 5.74) is 0.996. The van der Waals surface area contributed by atoms with Crippen molar-refractivity contribution in [3.63, 3.8) is 0 Å². The summed E-state index contributed by atoms with van der Waals surface area (Å²) in [4.78, 5) is 11.0. The van der Waals surface area contributed by atoms with E-state index in [0.717, 1.165) is 30.5 Å². The Hall–Kier alpha value is -1.36. The number of hydrogen-bond acceptors (Lipinski definition) is 5. The summed E-state index contributed by atoms with van der Waals surface area (Å²) in [6.45, 7) is 3.83. The Morgan fingerprint density at radius 2 is 2.12 bits per heavy atom. The number of rotatable bonds is 6. The van der Waals surface area contributed by atoms with Crippen LogP contribution in [0, 0.1) is 6.92 Å². The van der Waals surface area contributed by atoms with Gasteiger partial charge in [-0.1, -0.05) is 0 Å². The van der Waals surface area contributed by atoms with Gasteiger partial charge in [-0.05, 0) is 33.9 Å². The summed E-state index contributed by atoms with van der Waals surface area (Å²) in [6.07, 6.45) is 2.51. The Kier molecular flexibility index (Phi) is 3.78. The molecule has 0 saturated heterocycles. The van der Waals surface area contributed by atoms with Crippen LogP contribution in [0.1, 0.15) is 18.5 Å². The van der Waals surface area contributed by atoms with E-state index in [1.807, 2.05) is 13.0 Å². The summed E-state index contributed by atoms with van der Waals surface area (Å²) in [5.74, 6) is 1.65. The summed E-state index contributed by atoms with van der Waals surface area (Å²) in [7, 11) is 4.11. The smallest absolute Gasteiger partial charge is 0.224 e. The Balaban J connectivity index is 1.92. The molecule has 0 atom stereocenters. The lowest BCUT2D eigenvalue weighted by Crippen LogP contribution is -2.21. The van der Waals surface area contributed by atoms with Gasteiger partial charge >= 0.3 is 0 Å². The van der Waals surface area contributed by atoms with Crippen LogP contribution in [0.25, 0.3) is 0 Å². The third-order valence-electron chi connectivity index (χ3n) is 2.63. The maximum absolute atomic E-state index is 4.46. The minimum Gasteiger partial charge on any atom is -0.367 e. The molecule has 1 fully saturated rings. The number of aromatic nitrogens is 2. The molecule has 94 valence electrons. The molecule has 0 amide bonds. The van der Waals surface area contributed by atoms with E-state index < -0.39 is 0 Å². The van der Waals surface area contributed by atoms with Crippen molar-refractivity contribution in [1.82, 2.24) is 14.9 Å². The minimum atomic E-state index is 0.624. The molecule has 5 heteroatoms. The van der Waals surface area contributed by atoms with Crippen LogP contribution in [0.4, 0.5) is 11.8 Å². The lowest BCUT2D eigenvalue weighted by molar-refractivity contribution is 0.425. The van der Waals surface area contributed by atoms with Crippen LogP contribution in [-0.4, -0.2) is 48.1 Å². The molecule has 0 radical (unpaired) electrons. The molecule has 17 heavy (non-hydrogen) atoms. The van der Waals surface area contributed by atoms with Crippen LogP contribution in [-0.2, 0) is 0 Å². The van der Waals surface area contributed by atoms with Gasteiger partial charge in [-0.3, -0.25) is 0 Å². The monoisotopic (exact) mass is 235 g/mol. The predicted molar refractivity (Wildman–Crippen MR) is 70.5 cm³/mol. The van der Waals surface area contributed by atoms with Crippen LogP contribution in [0.3, 0.4) is 0 Å². The van der Waals surface area contributed by atoms with Crippen molar-refractivity contribution in [3.05, 3.63) is 11.8 Å². The topological polar surface area (TPSA) is 53.1 Å². The standard InChI is InChI=1S/C12H21N5/c1-9-8-11(15-10-4-5-10)16-12(14-9)13-6-7-17(2)3/h8,10H,4-7H2,1-3H3,(H2,13,14,15,16). The van der Waals surface area contributed by atoms with Gasteiger partial charge in [-0.2, -0.15) is 4.98 Å². The Bertz CT molecular complexity index is 373. The van der Waals surface area contributed by atoms with E-state index in [1.54, 1.807) is 0 Å². The third kappa shape index (κ3) is 4.19. The largest absolute Gasteiger partial charge is 0.367 e. The average molecular weight is 235 g/mol. The fraction of sp³-hybridized carbons (Fsp3) is 0.667. The van der Waals surface area contributed by atoms with Gasteiger partial charge in [-0.25, -0.2) is 4.98 Å². The highest BCUT2D eigenvalue weighted by Gasteiger charge is 2.21. The van der Waals surface area contributed by atoms with Crippen molar-refractivity contribution in [2.75, 3.05) is 37.8 Å². The fourth-order valence-electron chi connectivity index (χ4n) is 1.55. The molecule has 5 nitrogen and oxygen atoms in total. The van der Waals surface area contributed by atoms with Gasteiger partial charge in [0.25, 0.3) is 0 Å². The SMILES string of the molecule is Cc1cc(NC2CC2)nc(NCCN(C)C)n1. The zero-order valence-corrected chi connectivity index (χ0v) is 10.8. The number of aryl methyl sites for hydroxylation is 1. The van der Waals surface area contributed by atoms with Crippen LogP contribution >= 0.6 is 0 Å². The van der Waals surface area contributed by atoms with E-state index in [2.05, 4.69) is 39.6 Å². The molecule has 0 bridgehead atoms. The van der Waals surface area contributed by atoms with Crippen molar-refractivity contribution in [3.8, 4) is 0 Å². The number of anilines is 2. The van der Waals surface area contributed by atoms with Gasteiger partial charge in [0.15, 0.2) is 0 Å². The number of nitrogens with zero attached hydrogens (tertiary/aromatic N) is 3. The van der Waals surface area contributed by atoms with Crippen LogP contribution in [0.2, 0.25) is 0 Å². The molecule has 0 aromatic carbocycles. The molecule has 1 aliphatic carbocycles. The molecule has 2 N–H and O–H groups in total. The normalized spacial score (nSPS) is 15.1. The van der Waals surface area contributed by atoms with Crippen molar-refractivity contribution in [2.24, 2.45) is 0 Å². The zero-order chi connectivity index (χ0) is 12.3. The van der Waals surface area contributed by atoms with Crippen LogP contribution in [0.5, 0.6) is 0 Å². The second-order valence-corrected chi connectivity index (χ2v) is 4.87. The highest BCUT2D eigenvalue weighted by molar-refractivity contribution is 5.43. The summed E-state index contributed by atoms with van der Waals surface area (Å²) in [6, 6.07) is 2.62. The number of nitrogens with one attached hydrogen (secondary N) is 2. The van der Waals surface area contributed by atoms with Gasteiger partial charge < -0.3 is 15.5 Å². The zero-order valence-electron chi connectivity index (χ0n) is 10.8. The van der Waals surface area contributed by atoms with E-state index in [4.69, 9.17) is 0 Å². The Labute approximate surface area is 103 Å². The summed E-state index contributed by atoms with van der Waals surface area (Å²) in [5, 5.41) is 6.64. The molecule has 1 aliphatic rings. The van der Waals surface area contributed by atoms with Gasteiger partial charge in [0.05, 0.1) is 0 Å². The van der Waals surface area contributed by atoms with E-state index in [1.165, 1.54) is 12.8 Å². The second kappa shape index (κ2) is 5.31.